The Balaban J connectivity index is 2.68. The fourth-order valence-corrected chi connectivity index (χ4v) is 1.67. The molecular formula is C11H9BF2O2. The van der Waals surface area contributed by atoms with Crippen LogP contribution in [0.1, 0.15) is 12.0 Å². The van der Waals surface area contributed by atoms with Gasteiger partial charge in [-0.05, 0) is 16.2 Å². The van der Waals surface area contributed by atoms with Crippen molar-refractivity contribution in [3.05, 3.63) is 42.0 Å². The topological polar surface area (TPSA) is 40.5 Å². The molecule has 0 fully saturated rings. The summed E-state index contributed by atoms with van der Waals surface area (Å²) in [6.07, 6.45) is -2.57. The van der Waals surface area contributed by atoms with E-state index in [1.54, 1.807) is 18.2 Å². The first-order valence-corrected chi connectivity index (χ1v) is 4.76. The fourth-order valence-electron chi connectivity index (χ4n) is 1.67. The molecule has 2 N–H and O–H groups in total. The first kappa shape index (κ1) is 11.0. The zero-order valence-corrected chi connectivity index (χ0v) is 8.27. The minimum Gasteiger partial charge on any atom is -0.423 e. The maximum absolute atomic E-state index is 12.7. The molecule has 2 nitrogen and oxygen atoms in total. The van der Waals surface area contributed by atoms with Gasteiger partial charge in [-0.1, -0.05) is 36.4 Å². The van der Waals surface area contributed by atoms with Gasteiger partial charge in [-0.2, -0.15) is 0 Å². The quantitative estimate of drug-likeness (QED) is 0.755. The van der Waals surface area contributed by atoms with Crippen LogP contribution in [0.25, 0.3) is 10.8 Å². The van der Waals surface area contributed by atoms with E-state index in [2.05, 4.69) is 0 Å². The Morgan fingerprint density at radius 2 is 1.81 bits per heavy atom. The normalized spacial score (nSPS) is 11.1. The van der Waals surface area contributed by atoms with Crippen LogP contribution in [0.2, 0.25) is 0 Å². The molecule has 0 aliphatic rings. The zero-order valence-electron chi connectivity index (χ0n) is 8.27. The van der Waals surface area contributed by atoms with Crippen LogP contribution in [0.15, 0.2) is 36.4 Å². The number of fused-ring (bicyclic) bond motifs is 1. The minimum absolute atomic E-state index is 0.0972. The molecule has 0 unspecified atom stereocenters. The minimum atomic E-state index is -2.57. The van der Waals surface area contributed by atoms with Crippen LogP contribution in [-0.4, -0.2) is 17.2 Å². The summed E-state index contributed by atoms with van der Waals surface area (Å²) in [7, 11) is -1.64. The van der Waals surface area contributed by atoms with Crippen LogP contribution in [0, 0.1) is 0 Å². The van der Waals surface area contributed by atoms with E-state index in [4.69, 9.17) is 10.0 Å². The molecule has 2 aromatic rings. The lowest BCUT2D eigenvalue weighted by atomic mass is 9.79. The number of rotatable bonds is 2. The van der Waals surface area contributed by atoms with Crippen molar-refractivity contribution in [2.75, 3.05) is 0 Å². The number of halogens is 2. The average Bonchev–Trinajstić information content (AvgIpc) is 2.27. The summed E-state index contributed by atoms with van der Waals surface area (Å²) in [5, 5.41) is 19.0. The molecule has 0 spiro atoms. The summed E-state index contributed by atoms with van der Waals surface area (Å²) in [5.41, 5.74) is 0.112. The summed E-state index contributed by atoms with van der Waals surface area (Å²) in [4.78, 5) is 0. The highest BCUT2D eigenvalue weighted by atomic mass is 19.3. The van der Waals surface area contributed by atoms with E-state index in [9.17, 15) is 8.78 Å². The second kappa shape index (κ2) is 4.19. The van der Waals surface area contributed by atoms with E-state index in [-0.39, 0.29) is 11.0 Å². The van der Waals surface area contributed by atoms with Crippen molar-refractivity contribution in [3.8, 4) is 0 Å². The van der Waals surface area contributed by atoms with Gasteiger partial charge in [0, 0.05) is 5.56 Å². The molecule has 2 aromatic carbocycles. The Morgan fingerprint density at radius 1 is 1.06 bits per heavy atom. The van der Waals surface area contributed by atoms with Crippen molar-refractivity contribution in [1.82, 2.24) is 0 Å². The average molecular weight is 222 g/mol. The molecule has 0 aliphatic heterocycles. The van der Waals surface area contributed by atoms with Gasteiger partial charge >= 0.3 is 7.12 Å². The monoisotopic (exact) mass is 222 g/mol. The molecule has 0 atom stereocenters. The molecule has 0 saturated heterocycles. The van der Waals surface area contributed by atoms with Gasteiger partial charge in [0.15, 0.2) is 0 Å². The Hall–Kier alpha value is -1.46. The predicted molar refractivity (Wildman–Crippen MR) is 58.7 cm³/mol. The van der Waals surface area contributed by atoms with E-state index in [0.29, 0.717) is 10.8 Å². The standard InChI is InChI=1S/C11H9BF2O2/c13-11(14)9-3-1-2-7-4-5-8(12(15)16)6-10(7)9/h1-6,11,15-16H. The van der Waals surface area contributed by atoms with Crippen LogP contribution >= 0.6 is 0 Å². The van der Waals surface area contributed by atoms with E-state index in [1.807, 2.05) is 0 Å². The summed E-state index contributed by atoms with van der Waals surface area (Å²) >= 11 is 0. The Kier molecular flexibility index (Phi) is 2.89. The van der Waals surface area contributed by atoms with Crippen molar-refractivity contribution in [3.63, 3.8) is 0 Å². The van der Waals surface area contributed by atoms with Crippen LogP contribution in [0.3, 0.4) is 0 Å². The predicted octanol–water partition coefficient (Wildman–Crippen LogP) is 1.46. The van der Waals surface area contributed by atoms with Gasteiger partial charge in [0.1, 0.15) is 0 Å². The molecule has 82 valence electrons. The number of hydrogen-bond acceptors (Lipinski definition) is 2. The molecule has 0 bridgehead atoms. The summed E-state index contributed by atoms with van der Waals surface area (Å²) in [6.45, 7) is 0. The largest absolute Gasteiger partial charge is 0.488 e. The lowest BCUT2D eigenvalue weighted by Crippen LogP contribution is -2.29. The second-order valence-electron chi connectivity index (χ2n) is 3.50. The third-order valence-electron chi connectivity index (χ3n) is 2.47. The van der Waals surface area contributed by atoms with Gasteiger partial charge in [0.05, 0.1) is 0 Å². The van der Waals surface area contributed by atoms with Crippen LogP contribution < -0.4 is 5.46 Å². The highest BCUT2D eigenvalue weighted by Gasteiger charge is 2.15. The van der Waals surface area contributed by atoms with E-state index in [0.717, 1.165) is 0 Å². The van der Waals surface area contributed by atoms with Gasteiger partial charge in [0.25, 0.3) is 6.43 Å². The molecule has 5 heteroatoms. The number of alkyl halides is 2. The third-order valence-corrected chi connectivity index (χ3v) is 2.47. The Morgan fingerprint density at radius 3 is 2.44 bits per heavy atom. The summed E-state index contributed by atoms with van der Waals surface area (Å²) in [6, 6.07) is 9.06. The van der Waals surface area contributed by atoms with E-state index < -0.39 is 13.5 Å². The zero-order chi connectivity index (χ0) is 11.7. The smallest absolute Gasteiger partial charge is 0.423 e. The summed E-state index contributed by atoms with van der Waals surface area (Å²) in [5.74, 6) is 0. The number of benzene rings is 2. The van der Waals surface area contributed by atoms with E-state index >= 15 is 0 Å². The molecule has 0 amide bonds. The lowest BCUT2D eigenvalue weighted by molar-refractivity contribution is 0.153. The third kappa shape index (κ3) is 1.92. The van der Waals surface area contributed by atoms with Gasteiger partial charge in [-0.3, -0.25) is 0 Å². The molecule has 0 saturated carbocycles. The second-order valence-corrected chi connectivity index (χ2v) is 3.50. The molecular weight excluding hydrogens is 213 g/mol. The molecule has 0 aliphatic carbocycles. The van der Waals surface area contributed by atoms with Crippen LogP contribution in [0.4, 0.5) is 8.78 Å². The first-order chi connectivity index (χ1) is 7.59. The van der Waals surface area contributed by atoms with E-state index in [1.165, 1.54) is 18.2 Å². The van der Waals surface area contributed by atoms with Crippen molar-refractivity contribution >= 4 is 23.4 Å². The molecule has 2 rings (SSSR count). The van der Waals surface area contributed by atoms with Crippen molar-refractivity contribution in [2.45, 2.75) is 6.43 Å². The van der Waals surface area contributed by atoms with Gasteiger partial charge in [0.2, 0.25) is 0 Å². The SMILES string of the molecule is OB(O)c1ccc2cccc(C(F)F)c2c1. The first-order valence-electron chi connectivity index (χ1n) is 4.76. The highest BCUT2D eigenvalue weighted by molar-refractivity contribution is 6.58. The Labute approximate surface area is 91.3 Å². The van der Waals surface area contributed by atoms with Gasteiger partial charge in [-0.25, -0.2) is 8.78 Å². The molecule has 16 heavy (non-hydrogen) atoms. The van der Waals surface area contributed by atoms with Gasteiger partial charge < -0.3 is 10.0 Å². The maximum atomic E-state index is 12.7. The number of hydrogen-bond donors (Lipinski definition) is 2. The maximum Gasteiger partial charge on any atom is 0.488 e. The lowest BCUT2D eigenvalue weighted by Gasteiger charge is -2.07. The highest BCUT2D eigenvalue weighted by Crippen LogP contribution is 2.26. The van der Waals surface area contributed by atoms with Crippen LogP contribution in [-0.2, 0) is 0 Å². The van der Waals surface area contributed by atoms with Gasteiger partial charge in [-0.15, -0.1) is 0 Å². The molecule has 0 aromatic heterocycles. The molecule has 0 radical (unpaired) electrons. The van der Waals surface area contributed by atoms with Crippen molar-refractivity contribution < 1.29 is 18.8 Å². The van der Waals surface area contributed by atoms with Crippen molar-refractivity contribution in [1.29, 1.82) is 0 Å². The fraction of sp³-hybridized carbons (Fsp3) is 0.0909. The Bertz CT molecular complexity index is 514. The summed E-state index contributed by atoms with van der Waals surface area (Å²) < 4.78 is 25.4. The molecule has 0 heterocycles. The van der Waals surface area contributed by atoms with Crippen LogP contribution in [0.5, 0.6) is 0 Å². The van der Waals surface area contributed by atoms with Crippen molar-refractivity contribution in [2.24, 2.45) is 0 Å².